The Morgan fingerprint density at radius 2 is 1.74 bits per heavy atom. The van der Waals surface area contributed by atoms with Gasteiger partial charge in [0.2, 0.25) is 0 Å². The minimum absolute atomic E-state index is 0.0191. The van der Waals surface area contributed by atoms with Gasteiger partial charge in [-0.1, -0.05) is 34.6 Å². The van der Waals surface area contributed by atoms with Crippen LogP contribution in [0.2, 0.25) is 0 Å². The second-order valence-corrected chi connectivity index (χ2v) is 7.44. The number of hydrogen-bond acceptors (Lipinski definition) is 5. The van der Waals surface area contributed by atoms with Gasteiger partial charge in [0.05, 0.1) is 25.2 Å². The van der Waals surface area contributed by atoms with Crippen molar-refractivity contribution in [3.05, 3.63) is 33.4 Å². The van der Waals surface area contributed by atoms with Gasteiger partial charge in [-0.05, 0) is 22.8 Å². The number of carbonyl (C=O) groups is 1. The molecule has 0 fully saturated rings. The highest BCUT2D eigenvalue weighted by Gasteiger charge is 2.35. The van der Waals surface area contributed by atoms with Crippen molar-refractivity contribution in [2.75, 3.05) is 14.2 Å². The van der Waals surface area contributed by atoms with Gasteiger partial charge >= 0.3 is 5.97 Å². The fourth-order valence-electron chi connectivity index (χ4n) is 3.13. The molecule has 0 aromatic heterocycles. The molecule has 1 rings (SSSR count). The van der Waals surface area contributed by atoms with Gasteiger partial charge < -0.3 is 9.47 Å². The molecule has 128 valence electrons. The Kier molecular flexibility index (Phi) is 5.40. The number of non-ortho nitro benzene ring substituents is 1. The number of hydrogen-bond donors (Lipinski definition) is 0. The van der Waals surface area contributed by atoms with Crippen molar-refractivity contribution in [1.29, 1.82) is 0 Å². The van der Waals surface area contributed by atoms with Crippen LogP contribution in [0.5, 0.6) is 5.75 Å². The molecule has 0 unspecified atom stereocenters. The summed E-state index contributed by atoms with van der Waals surface area (Å²) in [6.45, 7) is 10.2. The van der Waals surface area contributed by atoms with E-state index in [1.54, 1.807) is 0 Å². The molecular formula is C17H25NO5. The first kappa shape index (κ1) is 18.9. The van der Waals surface area contributed by atoms with Gasteiger partial charge in [-0.3, -0.25) is 10.1 Å². The number of esters is 1. The molecule has 23 heavy (non-hydrogen) atoms. The normalized spacial score (nSPS) is 12.0. The number of methoxy groups -OCH3 is 2. The van der Waals surface area contributed by atoms with Crippen LogP contribution in [0.3, 0.4) is 0 Å². The molecule has 0 atom stereocenters. The Morgan fingerprint density at radius 3 is 2.13 bits per heavy atom. The average molecular weight is 323 g/mol. The van der Waals surface area contributed by atoms with Gasteiger partial charge in [0.25, 0.3) is 5.69 Å². The molecule has 0 amide bonds. The van der Waals surface area contributed by atoms with Crippen LogP contribution in [0.15, 0.2) is 12.1 Å². The third kappa shape index (κ3) is 4.43. The van der Waals surface area contributed by atoms with Gasteiger partial charge in [0, 0.05) is 6.07 Å². The number of ether oxygens (including phenoxy) is 2. The van der Waals surface area contributed by atoms with Crippen LogP contribution in [0.4, 0.5) is 5.69 Å². The van der Waals surface area contributed by atoms with Crippen molar-refractivity contribution >= 4 is 11.7 Å². The maximum absolute atomic E-state index is 12.2. The van der Waals surface area contributed by atoms with E-state index in [4.69, 9.17) is 9.47 Å². The molecule has 0 aliphatic heterocycles. The molecule has 0 bridgehead atoms. The Hall–Kier alpha value is -2.11. The molecule has 6 nitrogen and oxygen atoms in total. The van der Waals surface area contributed by atoms with Gasteiger partial charge in [-0.2, -0.15) is 0 Å². The van der Waals surface area contributed by atoms with E-state index in [9.17, 15) is 14.9 Å². The molecule has 1 aromatic rings. The molecule has 0 saturated heterocycles. The summed E-state index contributed by atoms with van der Waals surface area (Å²) < 4.78 is 10.1. The quantitative estimate of drug-likeness (QED) is 0.463. The van der Waals surface area contributed by atoms with Crippen LogP contribution in [-0.4, -0.2) is 25.1 Å². The molecule has 0 N–H and O–H groups in total. The van der Waals surface area contributed by atoms with E-state index < -0.39 is 16.3 Å². The lowest BCUT2D eigenvalue weighted by atomic mass is 9.71. The summed E-state index contributed by atoms with van der Waals surface area (Å²) in [4.78, 5) is 23.0. The van der Waals surface area contributed by atoms with Crippen LogP contribution in [-0.2, 0) is 10.2 Å². The van der Waals surface area contributed by atoms with E-state index in [1.807, 2.05) is 13.8 Å². The lowest BCUT2D eigenvalue weighted by Gasteiger charge is -2.34. The Bertz CT molecular complexity index is 614. The first-order chi connectivity index (χ1) is 10.4. The van der Waals surface area contributed by atoms with Crippen LogP contribution in [0.1, 0.15) is 57.0 Å². The highest BCUT2D eigenvalue weighted by atomic mass is 16.6. The lowest BCUT2D eigenvalue weighted by Crippen LogP contribution is -2.27. The predicted molar refractivity (Wildman–Crippen MR) is 88.1 cm³/mol. The molecule has 1 aromatic carbocycles. The molecular weight excluding hydrogens is 298 g/mol. The molecule has 6 heteroatoms. The van der Waals surface area contributed by atoms with Gasteiger partial charge in [0.15, 0.2) is 0 Å². The number of nitro benzene ring substituents is 1. The fourth-order valence-corrected chi connectivity index (χ4v) is 3.13. The van der Waals surface area contributed by atoms with E-state index in [0.29, 0.717) is 5.56 Å². The van der Waals surface area contributed by atoms with Crippen molar-refractivity contribution in [3.63, 3.8) is 0 Å². The van der Waals surface area contributed by atoms with E-state index in [0.717, 1.165) is 6.42 Å². The van der Waals surface area contributed by atoms with Crippen molar-refractivity contribution in [2.24, 2.45) is 5.41 Å². The predicted octanol–water partition coefficient (Wildman–Crippen LogP) is 4.10. The number of benzene rings is 1. The standard InChI is InChI=1S/C17H25NO5/c1-16(2,3)10-17(4,5)12-8-11(18(20)21)9-13(22-6)14(12)15(19)23-7/h8-9H,10H2,1-7H3. The second kappa shape index (κ2) is 6.56. The summed E-state index contributed by atoms with van der Waals surface area (Å²) >= 11 is 0. The fraction of sp³-hybridized carbons (Fsp3) is 0.588. The number of rotatable bonds is 5. The Morgan fingerprint density at radius 1 is 1.17 bits per heavy atom. The van der Waals surface area contributed by atoms with Crippen LogP contribution < -0.4 is 4.74 Å². The summed E-state index contributed by atoms with van der Waals surface area (Å²) in [7, 11) is 2.66. The first-order valence-corrected chi connectivity index (χ1v) is 7.38. The van der Waals surface area contributed by atoms with Crippen LogP contribution in [0, 0.1) is 15.5 Å². The van der Waals surface area contributed by atoms with E-state index in [2.05, 4.69) is 20.8 Å². The summed E-state index contributed by atoms with van der Waals surface area (Å²) in [5.74, 6) is -0.406. The van der Waals surface area contributed by atoms with E-state index >= 15 is 0 Å². The SMILES string of the molecule is COC(=O)c1c(OC)cc([N+](=O)[O-])cc1C(C)(C)CC(C)(C)C. The molecule has 0 radical (unpaired) electrons. The molecule has 0 heterocycles. The van der Waals surface area contributed by atoms with Gasteiger partial charge in [-0.25, -0.2) is 4.79 Å². The largest absolute Gasteiger partial charge is 0.496 e. The number of nitro groups is 1. The zero-order valence-electron chi connectivity index (χ0n) is 14.9. The minimum Gasteiger partial charge on any atom is -0.496 e. The first-order valence-electron chi connectivity index (χ1n) is 7.38. The lowest BCUT2D eigenvalue weighted by molar-refractivity contribution is -0.385. The maximum Gasteiger partial charge on any atom is 0.341 e. The Labute approximate surface area is 136 Å². The summed E-state index contributed by atoms with van der Waals surface area (Å²) in [5, 5.41) is 11.2. The minimum atomic E-state index is -0.561. The third-order valence-electron chi connectivity index (χ3n) is 3.61. The number of nitrogens with zero attached hydrogens (tertiary/aromatic N) is 1. The highest BCUT2D eigenvalue weighted by molar-refractivity contribution is 5.95. The van der Waals surface area contributed by atoms with Crippen molar-refractivity contribution in [2.45, 2.75) is 46.5 Å². The average Bonchev–Trinajstić information content (AvgIpc) is 2.42. The summed E-state index contributed by atoms with van der Waals surface area (Å²) in [5.41, 5.74) is 0.210. The van der Waals surface area contributed by atoms with Crippen molar-refractivity contribution < 1.29 is 19.2 Å². The monoisotopic (exact) mass is 323 g/mol. The van der Waals surface area contributed by atoms with Crippen LogP contribution in [0.25, 0.3) is 0 Å². The zero-order chi connectivity index (χ0) is 18.0. The molecule has 0 aliphatic rings. The second-order valence-electron chi connectivity index (χ2n) is 7.44. The zero-order valence-corrected chi connectivity index (χ0v) is 14.9. The third-order valence-corrected chi connectivity index (χ3v) is 3.61. The smallest absolute Gasteiger partial charge is 0.341 e. The van der Waals surface area contributed by atoms with Gasteiger partial charge in [0.1, 0.15) is 11.3 Å². The molecule has 0 spiro atoms. The van der Waals surface area contributed by atoms with Crippen molar-refractivity contribution in [1.82, 2.24) is 0 Å². The maximum atomic E-state index is 12.2. The van der Waals surface area contributed by atoms with Gasteiger partial charge in [-0.15, -0.1) is 0 Å². The van der Waals surface area contributed by atoms with E-state index in [-0.39, 0.29) is 22.4 Å². The summed E-state index contributed by atoms with van der Waals surface area (Å²) in [6, 6.07) is 2.70. The van der Waals surface area contributed by atoms with Crippen molar-refractivity contribution in [3.8, 4) is 5.75 Å². The molecule has 0 saturated carbocycles. The Balaban J connectivity index is 3.68. The molecule has 0 aliphatic carbocycles. The van der Waals surface area contributed by atoms with Crippen LogP contribution >= 0.6 is 0 Å². The van der Waals surface area contributed by atoms with E-state index in [1.165, 1.54) is 26.4 Å². The number of carbonyl (C=O) groups excluding carboxylic acids is 1. The highest BCUT2D eigenvalue weighted by Crippen LogP contribution is 2.42. The topological polar surface area (TPSA) is 78.7 Å². The summed E-state index contributed by atoms with van der Waals surface area (Å²) in [6.07, 6.45) is 0.730.